The fraction of sp³-hybridized carbons (Fsp3) is 0.538. The first kappa shape index (κ1) is 16.8. The predicted octanol–water partition coefficient (Wildman–Crippen LogP) is 2.78. The number of pyridine rings is 1. The lowest BCUT2D eigenvalue weighted by Gasteiger charge is -2.16. The van der Waals surface area contributed by atoms with Crippen molar-refractivity contribution in [2.24, 2.45) is 0 Å². The fourth-order valence-corrected chi connectivity index (χ4v) is 2.84. The van der Waals surface area contributed by atoms with E-state index in [0.29, 0.717) is 6.42 Å². The third-order valence-corrected chi connectivity index (χ3v) is 4.15. The first-order chi connectivity index (χ1) is 9.59. The van der Waals surface area contributed by atoms with Gasteiger partial charge in [-0.3, -0.25) is 14.3 Å². The second kappa shape index (κ2) is 8.84. The van der Waals surface area contributed by atoms with E-state index in [0.717, 1.165) is 5.56 Å². The van der Waals surface area contributed by atoms with Gasteiger partial charge in [-0.2, -0.15) is 0 Å². The Bertz CT molecular complexity index is 441. The molecule has 112 valence electrons. The van der Waals surface area contributed by atoms with E-state index in [9.17, 15) is 9.36 Å². The Morgan fingerprint density at radius 3 is 2.35 bits per heavy atom. The Balaban J connectivity index is 2.36. The minimum Gasteiger partial charge on any atom is -0.453 e. The van der Waals surface area contributed by atoms with Gasteiger partial charge < -0.3 is 13.8 Å². The number of ether oxygens (including phenoxy) is 1. The number of aryl methyl sites for hydroxylation is 1. The van der Waals surface area contributed by atoms with Crippen molar-refractivity contribution in [3.05, 3.63) is 30.1 Å². The number of carbonyl (C=O) groups is 1. The number of aromatic nitrogens is 1. The van der Waals surface area contributed by atoms with Gasteiger partial charge in [0.1, 0.15) is 0 Å². The molecule has 1 aromatic heterocycles. The van der Waals surface area contributed by atoms with Crippen LogP contribution in [0, 0.1) is 0 Å². The van der Waals surface area contributed by atoms with E-state index in [4.69, 9.17) is 13.8 Å². The van der Waals surface area contributed by atoms with Crippen molar-refractivity contribution in [2.75, 3.05) is 19.6 Å². The Morgan fingerprint density at radius 2 is 1.80 bits per heavy atom. The van der Waals surface area contributed by atoms with Gasteiger partial charge in [0.25, 0.3) is 0 Å². The lowest BCUT2D eigenvalue weighted by Crippen LogP contribution is -2.10. The Labute approximate surface area is 119 Å². The zero-order valence-corrected chi connectivity index (χ0v) is 12.7. The van der Waals surface area contributed by atoms with Gasteiger partial charge in [0.2, 0.25) is 0 Å². The standard InChI is InChI=1S/C13H20NO5P/c1-3-18-20(16,19-4-2)11-17-13(15)6-5-12-7-9-14-10-8-12/h7-10H,3-6,11H2,1-2H3. The Kier molecular flexibility index (Phi) is 7.44. The zero-order valence-electron chi connectivity index (χ0n) is 11.8. The number of esters is 1. The van der Waals surface area contributed by atoms with E-state index < -0.39 is 13.6 Å². The van der Waals surface area contributed by atoms with E-state index in [2.05, 4.69) is 4.98 Å². The predicted molar refractivity (Wildman–Crippen MR) is 74.4 cm³/mol. The highest BCUT2D eigenvalue weighted by Gasteiger charge is 2.25. The summed E-state index contributed by atoms with van der Waals surface area (Å²) in [5.74, 6) is -0.429. The normalized spacial score (nSPS) is 11.3. The molecule has 0 saturated carbocycles. The Morgan fingerprint density at radius 1 is 1.20 bits per heavy atom. The van der Waals surface area contributed by atoms with Crippen LogP contribution in [-0.2, 0) is 29.6 Å². The highest BCUT2D eigenvalue weighted by molar-refractivity contribution is 7.53. The van der Waals surface area contributed by atoms with Crippen molar-refractivity contribution in [1.29, 1.82) is 0 Å². The average Bonchev–Trinajstić information content (AvgIpc) is 2.45. The molecule has 0 spiro atoms. The summed E-state index contributed by atoms with van der Waals surface area (Å²) in [7, 11) is -3.32. The molecule has 0 saturated heterocycles. The lowest BCUT2D eigenvalue weighted by atomic mass is 10.1. The summed E-state index contributed by atoms with van der Waals surface area (Å²) in [4.78, 5) is 15.5. The van der Waals surface area contributed by atoms with Gasteiger partial charge in [-0.25, -0.2) is 0 Å². The van der Waals surface area contributed by atoms with Gasteiger partial charge >= 0.3 is 13.6 Å². The van der Waals surface area contributed by atoms with E-state index in [1.165, 1.54) is 0 Å². The summed E-state index contributed by atoms with van der Waals surface area (Å²) in [5, 5.41) is 0. The van der Waals surface area contributed by atoms with Crippen molar-refractivity contribution >= 4 is 13.6 Å². The van der Waals surface area contributed by atoms with E-state index in [1.807, 2.05) is 12.1 Å². The smallest absolute Gasteiger partial charge is 0.367 e. The fourth-order valence-electron chi connectivity index (χ4n) is 1.52. The van der Waals surface area contributed by atoms with Crippen molar-refractivity contribution in [3.63, 3.8) is 0 Å². The molecule has 0 fully saturated rings. The molecule has 0 radical (unpaired) electrons. The molecule has 0 aromatic carbocycles. The quantitative estimate of drug-likeness (QED) is 0.516. The van der Waals surface area contributed by atoms with Crippen LogP contribution < -0.4 is 0 Å². The summed E-state index contributed by atoms with van der Waals surface area (Å²) in [6.45, 7) is 3.89. The van der Waals surface area contributed by atoms with Crippen molar-refractivity contribution in [1.82, 2.24) is 4.98 Å². The van der Waals surface area contributed by atoms with Crippen LogP contribution in [0.5, 0.6) is 0 Å². The number of rotatable bonds is 9. The monoisotopic (exact) mass is 301 g/mol. The SMILES string of the molecule is CCOP(=O)(COC(=O)CCc1ccncc1)OCC. The first-order valence-corrected chi connectivity index (χ1v) is 8.25. The van der Waals surface area contributed by atoms with Gasteiger partial charge in [0, 0.05) is 18.8 Å². The first-order valence-electron chi connectivity index (χ1n) is 6.52. The third-order valence-electron chi connectivity index (χ3n) is 2.40. The molecule has 0 N–H and O–H groups in total. The van der Waals surface area contributed by atoms with Crippen LogP contribution in [0.25, 0.3) is 0 Å². The van der Waals surface area contributed by atoms with Crippen molar-refractivity contribution in [2.45, 2.75) is 26.7 Å². The van der Waals surface area contributed by atoms with Crippen LogP contribution >= 0.6 is 7.60 Å². The summed E-state index contributed by atoms with van der Waals surface area (Å²) in [6, 6.07) is 3.66. The maximum Gasteiger partial charge on any atom is 0.367 e. The van der Waals surface area contributed by atoms with Crippen LogP contribution in [0.3, 0.4) is 0 Å². The topological polar surface area (TPSA) is 74.7 Å². The molecule has 0 aliphatic rings. The molecule has 0 aliphatic carbocycles. The summed E-state index contributed by atoms with van der Waals surface area (Å²) < 4.78 is 27.1. The molecule has 7 heteroatoms. The maximum atomic E-state index is 12.1. The molecule has 0 aliphatic heterocycles. The second-order valence-corrected chi connectivity index (χ2v) is 5.94. The van der Waals surface area contributed by atoms with Crippen LogP contribution in [0.2, 0.25) is 0 Å². The Hall–Kier alpha value is -1.23. The van der Waals surface area contributed by atoms with Crippen molar-refractivity contribution in [3.8, 4) is 0 Å². The van der Waals surface area contributed by atoms with Gasteiger partial charge in [-0.05, 0) is 38.0 Å². The lowest BCUT2D eigenvalue weighted by molar-refractivity contribution is -0.142. The van der Waals surface area contributed by atoms with Crippen LogP contribution in [0.4, 0.5) is 0 Å². The molecular weight excluding hydrogens is 281 g/mol. The molecule has 0 amide bonds. The molecule has 1 rings (SSSR count). The van der Waals surface area contributed by atoms with Crippen molar-refractivity contribution < 1.29 is 23.1 Å². The van der Waals surface area contributed by atoms with E-state index in [1.54, 1.807) is 26.2 Å². The number of carbonyl (C=O) groups excluding carboxylic acids is 1. The van der Waals surface area contributed by atoms with E-state index in [-0.39, 0.29) is 26.0 Å². The van der Waals surface area contributed by atoms with E-state index >= 15 is 0 Å². The number of hydrogen-bond donors (Lipinski definition) is 0. The second-order valence-electron chi connectivity index (χ2n) is 3.95. The molecule has 1 heterocycles. The zero-order chi connectivity index (χ0) is 14.8. The highest BCUT2D eigenvalue weighted by Crippen LogP contribution is 2.47. The molecule has 20 heavy (non-hydrogen) atoms. The van der Waals surface area contributed by atoms with Gasteiger partial charge in [-0.15, -0.1) is 0 Å². The van der Waals surface area contributed by atoms with Gasteiger partial charge in [0.05, 0.1) is 13.2 Å². The van der Waals surface area contributed by atoms with Crippen LogP contribution in [-0.4, -0.2) is 30.5 Å². The highest BCUT2D eigenvalue weighted by atomic mass is 31.2. The number of hydrogen-bond acceptors (Lipinski definition) is 6. The average molecular weight is 301 g/mol. The number of nitrogens with zero attached hydrogens (tertiary/aromatic N) is 1. The maximum absolute atomic E-state index is 12.1. The summed E-state index contributed by atoms with van der Waals surface area (Å²) in [5.41, 5.74) is 0.995. The summed E-state index contributed by atoms with van der Waals surface area (Å²) >= 11 is 0. The third kappa shape index (κ3) is 6.28. The largest absolute Gasteiger partial charge is 0.453 e. The van der Waals surface area contributed by atoms with Gasteiger partial charge in [-0.1, -0.05) is 0 Å². The molecule has 1 aromatic rings. The molecule has 0 atom stereocenters. The van der Waals surface area contributed by atoms with Crippen LogP contribution in [0.15, 0.2) is 24.5 Å². The molecule has 6 nitrogen and oxygen atoms in total. The van der Waals surface area contributed by atoms with Gasteiger partial charge in [0.15, 0.2) is 6.35 Å². The minimum absolute atomic E-state index is 0.211. The molecular formula is C13H20NO5P. The molecule has 0 unspecified atom stereocenters. The summed E-state index contributed by atoms with van der Waals surface area (Å²) in [6.07, 6.45) is 3.75. The molecule has 0 bridgehead atoms. The van der Waals surface area contributed by atoms with Crippen LogP contribution in [0.1, 0.15) is 25.8 Å². The minimum atomic E-state index is -3.32.